The summed E-state index contributed by atoms with van der Waals surface area (Å²) < 4.78 is 0. The Bertz CT molecular complexity index is 252. The first-order valence-corrected chi connectivity index (χ1v) is 2.75. The highest BCUT2D eigenvalue weighted by Crippen LogP contribution is 2.15. The monoisotopic (exact) mass is 139 g/mol. The number of nitrogens with zero attached hydrogens (tertiary/aromatic N) is 2. The number of aryl methyl sites for hydroxylation is 1. The molecule has 1 aromatic rings. The van der Waals surface area contributed by atoms with Gasteiger partial charge in [0.05, 0.1) is 0 Å². The fraction of sp³-hybridized carbons (Fsp3) is 0.143. The van der Waals surface area contributed by atoms with E-state index in [0.717, 1.165) is 5.56 Å². The maximum absolute atomic E-state index is 8.34. The Labute approximate surface area is 58.5 Å². The molecule has 0 heterocycles. The van der Waals surface area contributed by atoms with Crippen LogP contribution in [0.3, 0.4) is 0 Å². The van der Waals surface area contributed by atoms with Crippen LogP contribution in [0.25, 0.3) is 4.98 Å². The second-order valence-corrected chi connectivity index (χ2v) is 1.89. The van der Waals surface area contributed by atoms with Gasteiger partial charge in [0.15, 0.2) is 4.98 Å². The average Bonchev–Trinajstić information content (AvgIpc) is 1.89. The normalized spacial score (nSPS) is 7.60. The average molecular weight is 139 g/mol. The molecule has 0 fully saturated rings. The van der Waals surface area contributed by atoms with Gasteiger partial charge in [-0.05, 0) is 6.92 Å². The lowest BCUT2D eigenvalue weighted by Gasteiger charge is -1.80. The SMILES string of the molecule is Cc1ccccc1[N+]#N.F. The van der Waals surface area contributed by atoms with Gasteiger partial charge < -0.3 is 0 Å². The molecular formula is C7H8FN2+. The standard InChI is InChI=1S/C7H7N2.FH/c1-6-4-2-3-5-7(6)9-8;/h2-5H,1H3;1H/q+1;. The van der Waals surface area contributed by atoms with Crippen molar-refractivity contribution in [3.8, 4) is 0 Å². The van der Waals surface area contributed by atoms with Gasteiger partial charge in [0, 0.05) is 11.6 Å². The lowest BCUT2D eigenvalue weighted by Crippen LogP contribution is -1.67. The molecule has 52 valence electrons. The smallest absolute Gasteiger partial charge is 0.269 e. The van der Waals surface area contributed by atoms with Gasteiger partial charge in [0.2, 0.25) is 5.39 Å². The molecule has 2 nitrogen and oxygen atoms in total. The zero-order chi connectivity index (χ0) is 6.69. The Morgan fingerprint density at radius 1 is 1.30 bits per heavy atom. The van der Waals surface area contributed by atoms with Crippen molar-refractivity contribution in [2.75, 3.05) is 0 Å². The Hall–Kier alpha value is -1.43. The largest absolute Gasteiger partial charge is 0.387 e. The van der Waals surface area contributed by atoms with Gasteiger partial charge in [-0.25, -0.2) is 0 Å². The van der Waals surface area contributed by atoms with E-state index in [9.17, 15) is 0 Å². The summed E-state index contributed by atoms with van der Waals surface area (Å²) in [6.07, 6.45) is 0. The third-order valence-electron chi connectivity index (χ3n) is 1.22. The second kappa shape index (κ2) is 3.57. The van der Waals surface area contributed by atoms with E-state index in [1.165, 1.54) is 0 Å². The first kappa shape index (κ1) is 8.57. The molecule has 0 radical (unpaired) electrons. The topological polar surface area (TPSA) is 28.1 Å². The third-order valence-corrected chi connectivity index (χ3v) is 1.22. The molecular weight excluding hydrogens is 131 g/mol. The Morgan fingerprint density at radius 2 is 1.90 bits per heavy atom. The second-order valence-electron chi connectivity index (χ2n) is 1.89. The van der Waals surface area contributed by atoms with Crippen molar-refractivity contribution in [3.05, 3.63) is 34.8 Å². The highest BCUT2D eigenvalue weighted by atomic mass is 19.0. The Balaban J connectivity index is 0.000000810. The molecule has 10 heavy (non-hydrogen) atoms. The Morgan fingerprint density at radius 3 is 2.30 bits per heavy atom. The van der Waals surface area contributed by atoms with E-state index in [4.69, 9.17) is 5.39 Å². The minimum Gasteiger partial charge on any atom is -0.269 e. The zero-order valence-electron chi connectivity index (χ0n) is 5.61. The summed E-state index contributed by atoms with van der Waals surface area (Å²) in [6, 6.07) is 7.40. The van der Waals surface area contributed by atoms with E-state index in [1.54, 1.807) is 6.07 Å². The Kier molecular flexibility index (Phi) is 3.06. The summed E-state index contributed by atoms with van der Waals surface area (Å²) in [7, 11) is 0. The van der Waals surface area contributed by atoms with E-state index in [2.05, 4.69) is 4.98 Å². The van der Waals surface area contributed by atoms with Crippen LogP contribution in [0.1, 0.15) is 5.56 Å². The number of benzene rings is 1. The van der Waals surface area contributed by atoms with Gasteiger partial charge in [-0.3, -0.25) is 4.70 Å². The van der Waals surface area contributed by atoms with Crippen molar-refractivity contribution < 1.29 is 4.70 Å². The molecule has 0 saturated heterocycles. The number of halogens is 1. The van der Waals surface area contributed by atoms with Crippen LogP contribution in [-0.4, -0.2) is 0 Å². The molecule has 0 bridgehead atoms. The number of diazo groups is 1. The lowest BCUT2D eigenvalue weighted by atomic mass is 10.2. The highest BCUT2D eigenvalue weighted by Gasteiger charge is 2.04. The number of hydrogen-bond donors (Lipinski definition) is 0. The van der Waals surface area contributed by atoms with Gasteiger partial charge >= 0.3 is 5.69 Å². The molecule has 0 aliphatic carbocycles. The maximum atomic E-state index is 8.34. The van der Waals surface area contributed by atoms with E-state index in [1.807, 2.05) is 25.1 Å². The van der Waals surface area contributed by atoms with E-state index >= 15 is 0 Å². The number of hydrogen-bond acceptors (Lipinski definition) is 1. The lowest BCUT2D eigenvalue weighted by molar-refractivity contribution is 1.11. The maximum Gasteiger partial charge on any atom is 0.387 e. The molecule has 0 atom stereocenters. The van der Waals surface area contributed by atoms with Gasteiger partial charge in [0.25, 0.3) is 0 Å². The fourth-order valence-corrected chi connectivity index (χ4v) is 0.676. The minimum atomic E-state index is 0. The van der Waals surface area contributed by atoms with Gasteiger partial charge in [0.1, 0.15) is 0 Å². The van der Waals surface area contributed by atoms with Crippen LogP contribution >= 0.6 is 0 Å². The van der Waals surface area contributed by atoms with Crippen LogP contribution < -0.4 is 0 Å². The van der Waals surface area contributed by atoms with Crippen LogP contribution in [-0.2, 0) is 0 Å². The summed E-state index contributed by atoms with van der Waals surface area (Å²) in [5.74, 6) is 0. The van der Waals surface area contributed by atoms with E-state index in [0.29, 0.717) is 5.69 Å². The van der Waals surface area contributed by atoms with Crippen molar-refractivity contribution >= 4 is 5.69 Å². The van der Waals surface area contributed by atoms with Crippen molar-refractivity contribution in [2.45, 2.75) is 6.92 Å². The fourth-order valence-electron chi connectivity index (χ4n) is 0.676. The quantitative estimate of drug-likeness (QED) is 0.508. The molecule has 0 amide bonds. The van der Waals surface area contributed by atoms with Crippen molar-refractivity contribution in [3.63, 3.8) is 0 Å². The third kappa shape index (κ3) is 1.52. The van der Waals surface area contributed by atoms with Gasteiger partial charge in [-0.1, -0.05) is 18.2 Å². The molecule has 0 aromatic heterocycles. The van der Waals surface area contributed by atoms with Crippen molar-refractivity contribution in [2.24, 2.45) is 0 Å². The highest BCUT2D eigenvalue weighted by molar-refractivity contribution is 5.50. The molecule has 0 spiro atoms. The minimum absolute atomic E-state index is 0. The summed E-state index contributed by atoms with van der Waals surface area (Å²) in [5.41, 5.74) is 1.62. The molecule has 0 aliphatic heterocycles. The van der Waals surface area contributed by atoms with E-state index < -0.39 is 0 Å². The molecule has 0 aliphatic rings. The predicted octanol–water partition coefficient (Wildman–Crippen LogP) is 2.63. The molecule has 0 N–H and O–H groups in total. The first-order chi connectivity index (χ1) is 4.34. The van der Waals surface area contributed by atoms with Crippen molar-refractivity contribution in [1.29, 1.82) is 5.39 Å². The van der Waals surface area contributed by atoms with Gasteiger partial charge in [-0.15, -0.1) is 0 Å². The number of rotatable bonds is 0. The van der Waals surface area contributed by atoms with Gasteiger partial charge in [-0.2, -0.15) is 0 Å². The van der Waals surface area contributed by atoms with Crippen LogP contribution in [0.15, 0.2) is 24.3 Å². The summed E-state index contributed by atoms with van der Waals surface area (Å²) in [4.78, 5) is 3.07. The summed E-state index contributed by atoms with van der Waals surface area (Å²) >= 11 is 0. The molecule has 0 saturated carbocycles. The van der Waals surface area contributed by atoms with Crippen LogP contribution in [0.2, 0.25) is 0 Å². The molecule has 1 aromatic carbocycles. The predicted molar refractivity (Wildman–Crippen MR) is 38.4 cm³/mol. The molecule has 3 heteroatoms. The van der Waals surface area contributed by atoms with Crippen LogP contribution in [0.4, 0.5) is 10.4 Å². The van der Waals surface area contributed by atoms with Crippen LogP contribution in [0.5, 0.6) is 0 Å². The van der Waals surface area contributed by atoms with Crippen LogP contribution in [0, 0.1) is 12.3 Å². The summed E-state index contributed by atoms with van der Waals surface area (Å²) in [5, 5.41) is 8.34. The van der Waals surface area contributed by atoms with E-state index in [-0.39, 0.29) is 4.70 Å². The van der Waals surface area contributed by atoms with Crippen molar-refractivity contribution in [1.82, 2.24) is 0 Å². The molecule has 0 unspecified atom stereocenters. The molecule has 1 rings (SSSR count). The summed E-state index contributed by atoms with van der Waals surface area (Å²) in [6.45, 7) is 1.90. The first-order valence-electron chi connectivity index (χ1n) is 2.75. The zero-order valence-corrected chi connectivity index (χ0v) is 5.61.